The zero-order chi connectivity index (χ0) is 29.8. The topological polar surface area (TPSA) is 131 Å². The summed E-state index contributed by atoms with van der Waals surface area (Å²) in [5.41, 5.74) is -2.48. The van der Waals surface area contributed by atoms with Crippen LogP contribution in [-0.2, 0) is 10.9 Å². The van der Waals surface area contributed by atoms with Crippen LogP contribution in [0.1, 0.15) is 23.7 Å². The first-order chi connectivity index (χ1) is 19.3. The Morgan fingerprint density at radius 3 is 2.49 bits per heavy atom. The molecule has 41 heavy (non-hydrogen) atoms. The van der Waals surface area contributed by atoms with E-state index in [1.54, 1.807) is 0 Å². The van der Waals surface area contributed by atoms with E-state index < -0.39 is 77.9 Å². The Kier molecular flexibility index (Phi) is 7.86. The van der Waals surface area contributed by atoms with Gasteiger partial charge in [-0.25, -0.2) is 27.8 Å². The van der Waals surface area contributed by atoms with Crippen molar-refractivity contribution in [3.8, 4) is 16.8 Å². The summed E-state index contributed by atoms with van der Waals surface area (Å²) in [6.45, 7) is -0.811. The van der Waals surface area contributed by atoms with E-state index in [4.69, 9.17) is 16.3 Å². The third-order valence-corrected chi connectivity index (χ3v) is 6.88. The molecule has 1 aliphatic heterocycles. The van der Waals surface area contributed by atoms with Gasteiger partial charge in [0, 0.05) is 23.5 Å². The van der Waals surface area contributed by atoms with Crippen molar-refractivity contribution in [2.75, 3.05) is 6.61 Å². The van der Waals surface area contributed by atoms with Gasteiger partial charge >= 0.3 is 6.18 Å². The van der Waals surface area contributed by atoms with Gasteiger partial charge in [-0.3, -0.25) is 4.68 Å². The van der Waals surface area contributed by atoms with Crippen LogP contribution in [0.2, 0.25) is 5.02 Å². The van der Waals surface area contributed by atoms with Crippen LogP contribution in [0.25, 0.3) is 16.8 Å². The fourth-order valence-corrected chi connectivity index (χ4v) is 4.98. The third-order valence-electron chi connectivity index (χ3n) is 6.34. The Morgan fingerprint density at radius 2 is 1.80 bits per heavy atom. The molecule has 10 nitrogen and oxygen atoms in total. The molecule has 0 aliphatic carbocycles. The zero-order valence-corrected chi connectivity index (χ0v) is 22.4. The van der Waals surface area contributed by atoms with Crippen molar-refractivity contribution in [3.05, 3.63) is 75.5 Å². The van der Waals surface area contributed by atoms with Gasteiger partial charge in [0.2, 0.25) is 4.73 Å². The highest BCUT2D eigenvalue weighted by molar-refractivity contribution is 9.10. The molecule has 0 saturated carbocycles. The fourth-order valence-electron chi connectivity index (χ4n) is 4.48. The SMILES string of the molecule is OC[C@H]1O[C@@H](c2nc(Br)nn2-c2cc(Cl)cnc2C(F)(F)F)[C@H](O)[C@@H](n2cc(-c3ccc(F)c(F)c3F)cn2)[C@H]1O. The number of alkyl halides is 3. The Balaban J connectivity index is 1.59. The highest BCUT2D eigenvalue weighted by Gasteiger charge is 2.49. The van der Waals surface area contributed by atoms with Crippen molar-refractivity contribution in [1.29, 1.82) is 0 Å². The van der Waals surface area contributed by atoms with Crippen molar-refractivity contribution in [3.63, 3.8) is 0 Å². The molecule has 1 aliphatic rings. The van der Waals surface area contributed by atoms with Crippen LogP contribution >= 0.6 is 27.5 Å². The smallest absolute Gasteiger partial charge is 0.394 e. The normalized spacial score (nSPS) is 23.2. The largest absolute Gasteiger partial charge is 0.435 e. The molecular weight excluding hydrogens is 654 g/mol. The van der Waals surface area contributed by atoms with Crippen LogP contribution in [0.15, 0.2) is 41.5 Å². The van der Waals surface area contributed by atoms with Crippen molar-refractivity contribution < 1.29 is 46.4 Å². The molecule has 1 aromatic carbocycles. The van der Waals surface area contributed by atoms with Crippen LogP contribution in [-0.4, -0.2) is 69.8 Å². The van der Waals surface area contributed by atoms with Crippen LogP contribution < -0.4 is 0 Å². The Labute approximate surface area is 238 Å². The minimum absolute atomic E-state index is 0.0601. The molecule has 5 atom stereocenters. The van der Waals surface area contributed by atoms with Crippen molar-refractivity contribution in [1.82, 2.24) is 29.5 Å². The number of pyridine rings is 1. The van der Waals surface area contributed by atoms with E-state index >= 15 is 0 Å². The van der Waals surface area contributed by atoms with E-state index in [1.165, 1.54) is 0 Å². The van der Waals surface area contributed by atoms with Crippen molar-refractivity contribution >= 4 is 27.5 Å². The average Bonchev–Trinajstić information content (AvgIpc) is 3.54. The van der Waals surface area contributed by atoms with Crippen LogP contribution in [0, 0.1) is 17.5 Å². The maximum absolute atomic E-state index is 14.4. The van der Waals surface area contributed by atoms with E-state index in [2.05, 4.69) is 36.1 Å². The number of aromatic nitrogens is 6. The lowest BCUT2D eigenvalue weighted by Crippen LogP contribution is -2.53. The van der Waals surface area contributed by atoms with Crippen LogP contribution in [0.4, 0.5) is 26.3 Å². The number of nitrogens with zero attached hydrogens (tertiary/aromatic N) is 6. The predicted molar refractivity (Wildman–Crippen MR) is 130 cm³/mol. The molecule has 0 spiro atoms. The summed E-state index contributed by atoms with van der Waals surface area (Å²) in [6, 6.07) is 1.12. The van der Waals surface area contributed by atoms with Gasteiger partial charge in [-0.2, -0.15) is 18.3 Å². The Bertz CT molecular complexity index is 1600. The van der Waals surface area contributed by atoms with Gasteiger partial charge in [-0.1, -0.05) is 11.6 Å². The molecule has 0 radical (unpaired) electrons. The van der Waals surface area contributed by atoms with E-state index in [-0.39, 0.29) is 20.9 Å². The number of hydrogen-bond donors (Lipinski definition) is 3. The first kappa shape index (κ1) is 29.4. The molecule has 3 aromatic heterocycles. The van der Waals surface area contributed by atoms with E-state index in [1.807, 2.05) is 0 Å². The van der Waals surface area contributed by atoms with Gasteiger partial charge in [0.25, 0.3) is 0 Å². The van der Waals surface area contributed by atoms with E-state index in [0.717, 1.165) is 35.4 Å². The number of ether oxygens (including phenoxy) is 1. The molecule has 18 heteroatoms. The lowest BCUT2D eigenvalue weighted by molar-refractivity contribution is -0.210. The molecular formula is C23H16BrClF6N6O4. The number of rotatable bonds is 5. The molecule has 218 valence electrons. The van der Waals surface area contributed by atoms with E-state index in [9.17, 15) is 41.7 Å². The minimum atomic E-state index is -4.95. The quantitative estimate of drug-likeness (QED) is 0.216. The summed E-state index contributed by atoms with van der Waals surface area (Å²) in [7, 11) is 0. The monoisotopic (exact) mass is 668 g/mol. The number of aliphatic hydroxyl groups is 3. The molecule has 0 bridgehead atoms. The molecule has 4 heterocycles. The predicted octanol–water partition coefficient (Wildman–Crippen LogP) is 3.77. The average molecular weight is 670 g/mol. The third kappa shape index (κ3) is 5.32. The lowest BCUT2D eigenvalue weighted by Gasteiger charge is -2.41. The fraction of sp³-hybridized carbons (Fsp3) is 0.304. The summed E-state index contributed by atoms with van der Waals surface area (Å²) >= 11 is 8.90. The van der Waals surface area contributed by atoms with Gasteiger partial charge in [-0.05, 0) is 34.1 Å². The molecule has 0 amide bonds. The van der Waals surface area contributed by atoms with Crippen molar-refractivity contribution in [2.45, 2.75) is 36.6 Å². The van der Waals surface area contributed by atoms with E-state index in [0.29, 0.717) is 10.7 Å². The number of halogens is 8. The summed E-state index contributed by atoms with van der Waals surface area (Å²) in [4.78, 5) is 7.40. The number of aliphatic hydroxyl groups excluding tert-OH is 3. The second-order valence-electron chi connectivity index (χ2n) is 8.85. The second-order valence-corrected chi connectivity index (χ2v) is 10.00. The Hall–Kier alpha value is -3.09. The van der Waals surface area contributed by atoms with Crippen molar-refractivity contribution in [2.24, 2.45) is 0 Å². The van der Waals surface area contributed by atoms with Gasteiger partial charge in [0.05, 0.1) is 23.5 Å². The highest BCUT2D eigenvalue weighted by Crippen LogP contribution is 2.41. The highest BCUT2D eigenvalue weighted by atomic mass is 79.9. The summed E-state index contributed by atoms with van der Waals surface area (Å²) in [5, 5.41) is 39.8. The Morgan fingerprint density at radius 1 is 1.07 bits per heavy atom. The second kappa shape index (κ2) is 11.0. The number of benzene rings is 1. The molecule has 1 saturated heterocycles. The van der Waals surface area contributed by atoms with Crippen LogP contribution in [0.3, 0.4) is 0 Å². The minimum Gasteiger partial charge on any atom is -0.394 e. The van der Waals surface area contributed by atoms with Crippen LogP contribution in [0.5, 0.6) is 0 Å². The molecule has 0 unspecified atom stereocenters. The van der Waals surface area contributed by atoms with Gasteiger partial charge in [0.15, 0.2) is 29.0 Å². The molecule has 5 rings (SSSR count). The summed E-state index contributed by atoms with van der Waals surface area (Å²) < 4.78 is 90.0. The first-order valence-electron chi connectivity index (χ1n) is 11.5. The van der Waals surface area contributed by atoms with Gasteiger partial charge in [0.1, 0.15) is 30.5 Å². The van der Waals surface area contributed by atoms with Gasteiger partial charge < -0.3 is 20.1 Å². The molecule has 1 fully saturated rings. The molecule has 3 N–H and O–H groups in total. The van der Waals surface area contributed by atoms with Gasteiger partial charge in [-0.15, -0.1) is 5.10 Å². The summed E-state index contributed by atoms with van der Waals surface area (Å²) in [6.07, 6.45) is -8.53. The number of hydrogen-bond acceptors (Lipinski definition) is 8. The standard InChI is InChI=1S/C23H16BrClF6N6O4/c24-22-34-21(37(35-22)12-3-9(25)5-32-20(12)23(29,30)31)19-18(40)16(17(39)13(7-38)41-19)36-6-8(4-33-36)10-1-2-11(26)15(28)14(10)27/h1-6,13,16-19,38-40H,7H2/t13-,16+,17+,18-,19-/m1/s1. The zero-order valence-electron chi connectivity index (χ0n) is 20.0. The first-order valence-corrected chi connectivity index (χ1v) is 12.6. The lowest BCUT2D eigenvalue weighted by atomic mass is 9.92. The molecule has 4 aromatic rings. The maximum Gasteiger partial charge on any atom is 0.435 e. The summed E-state index contributed by atoms with van der Waals surface area (Å²) in [5.74, 6) is -5.03. The maximum atomic E-state index is 14.4.